The highest BCUT2D eigenvalue weighted by Gasteiger charge is 2.11. The molecule has 5 heteroatoms. The van der Waals surface area contributed by atoms with Gasteiger partial charge in [0.25, 0.3) is 0 Å². The highest BCUT2D eigenvalue weighted by molar-refractivity contribution is 7.94. The van der Waals surface area contributed by atoms with Gasteiger partial charge >= 0.3 is 5.97 Å². The van der Waals surface area contributed by atoms with Gasteiger partial charge in [-0.3, -0.25) is 0 Å². The lowest BCUT2D eigenvalue weighted by molar-refractivity contribution is 0.0694. The quantitative estimate of drug-likeness (QED) is 0.467. The molecule has 4 nitrogen and oxygen atoms in total. The van der Waals surface area contributed by atoms with Crippen molar-refractivity contribution >= 4 is 18.0 Å². The standard InChI is InChI=1S/C16H14O4S/c1-2-10-19-21-13-7-5-6-12(11-13)20-15-9-4-3-8-14(15)16(17)18/h2-9,11H,1,10H2,(H,17,18). The van der Waals surface area contributed by atoms with Crippen molar-refractivity contribution in [3.8, 4) is 11.5 Å². The predicted octanol–water partition coefficient (Wildman–Crippen LogP) is 4.39. The number of hydrogen-bond donors (Lipinski definition) is 1. The molecule has 0 fully saturated rings. The van der Waals surface area contributed by atoms with Crippen LogP contribution in [0.5, 0.6) is 11.5 Å². The summed E-state index contributed by atoms with van der Waals surface area (Å²) in [4.78, 5) is 12.0. The van der Waals surface area contributed by atoms with E-state index in [0.29, 0.717) is 18.1 Å². The fourth-order valence-electron chi connectivity index (χ4n) is 1.60. The van der Waals surface area contributed by atoms with E-state index in [1.165, 1.54) is 18.1 Å². The minimum atomic E-state index is -1.02. The Morgan fingerprint density at radius 2 is 2.05 bits per heavy atom. The van der Waals surface area contributed by atoms with Crippen molar-refractivity contribution < 1.29 is 18.8 Å². The van der Waals surface area contributed by atoms with Gasteiger partial charge in [-0.25, -0.2) is 4.79 Å². The van der Waals surface area contributed by atoms with E-state index in [1.807, 2.05) is 12.1 Å². The van der Waals surface area contributed by atoms with Crippen molar-refractivity contribution in [1.82, 2.24) is 0 Å². The van der Waals surface area contributed by atoms with Crippen LogP contribution in [0.4, 0.5) is 0 Å². The normalized spacial score (nSPS) is 10.1. The monoisotopic (exact) mass is 302 g/mol. The fourth-order valence-corrected chi connectivity index (χ4v) is 2.20. The fraction of sp³-hybridized carbons (Fsp3) is 0.0625. The molecule has 0 aliphatic heterocycles. The summed E-state index contributed by atoms with van der Waals surface area (Å²) in [5.74, 6) is -0.166. The van der Waals surface area contributed by atoms with Crippen molar-refractivity contribution in [1.29, 1.82) is 0 Å². The van der Waals surface area contributed by atoms with Gasteiger partial charge in [-0.2, -0.15) is 0 Å². The molecule has 2 aromatic rings. The molecule has 21 heavy (non-hydrogen) atoms. The molecular formula is C16H14O4S. The zero-order valence-corrected chi connectivity index (χ0v) is 12.0. The Morgan fingerprint density at radius 1 is 1.24 bits per heavy atom. The second-order valence-electron chi connectivity index (χ2n) is 4.03. The van der Waals surface area contributed by atoms with E-state index in [2.05, 4.69) is 6.58 Å². The highest BCUT2D eigenvalue weighted by Crippen LogP contribution is 2.29. The average Bonchev–Trinajstić information content (AvgIpc) is 2.48. The van der Waals surface area contributed by atoms with E-state index < -0.39 is 5.97 Å². The van der Waals surface area contributed by atoms with Crippen molar-refractivity contribution in [3.05, 3.63) is 66.7 Å². The minimum absolute atomic E-state index is 0.124. The molecule has 1 N–H and O–H groups in total. The largest absolute Gasteiger partial charge is 0.478 e. The Bertz CT molecular complexity index is 640. The van der Waals surface area contributed by atoms with Crippen LogP contribution in [0.3, 0.4) is 0 Å². The number of aromatic carboxylic acids is 1. The lowest BCUT2D eigenvalue weighted by atomic mass is 10.2. The molecule has 0 heterocycles. The minimum Gasteiger partial charge on any atom is -0.478 e. The lowest BCUT2D eigenvalue weighted by Gasteiger charge is -2.09. The van der Waals surface area contributed by atoms with E-state index in [0.717, 1.165) is 4.90 Å². The maximum Gasteiger partial charge on any atom is 0.339 e. The number of ether oxygens (including phenoxy) is 1. The number of hydrogen-bond acceptors (Lipinski definition) is 4. The van der Waals surface area contributed by atoms with Crippen molar-refractivity contribution in [3.63, 3.8) is 0 Å². The summed E-state index contributed by atoms with van der Waals surface area (Å²) in [5.41, 5.74) is 0.124. The van der Waals surface area contributed by atoms with Gasteiger partial charge in [-0.1, -0.05) is 24.3 Å². The molecule has 2 aromatic carbocycles. The molecule has 2 rings (SSSR count). The number of carboxylic acids is 1. The molecule has 108 valence electrons. The van der Waals surface area contributed by atoms with Crippen LogP contribution < -0.4 is 4.74 Å². The number of benzene rings is 2. The summed E-state index contributed by atoms with van der Waals surface area (Å²) >= 11 is 1.21. The molecule has 0 saturated heterocycles. The molecule has 0 atom stereocenters. The first-order chi connectivity index (χ1) is 10.2. The summed E-state index contributed by atoms with van der Waals surface area (Å²) in [6.45, 7) is 4.01. The van der Waals surface area contributed by atoms with Gasteiger partial charge in [0, 0.05) is 16.9 Å². The van der Waals surface area contributed by atoms with Crippen molar-refractivity contribution in [2.24, 2.45) is 0 Å². The molecule has 0 radical (unpaired) electrons. The maximum absolute atomic E-state index is 11.1. The van der Waals surface area contributed by atoms with Gasteiger partial charge in [0.05, 0.1) is 6.61 Å². The third kappa shape index (κ3) is 4.37. The predicted molar refractivity (Wildman–Crippen MR) is 81.9 cm³/mol. The third-order valence-corrected chi connectivity index (χ3v) is 3.19. The Kier molecular flexibility index (Phi) is 5.43. The van der Waals surface area contributed by atoms with Crippen LogP contribution in [0.1, 0.15) is 10.4 Å². The first kappa shape index (κ1) is 15.2. The summed E-state index contributed by atoms with van der Waals surface area (Å²) < 4.78 is 10.9. The van der Waals surface area contributed by atoms with Gasteiger partial charge in [-0.05, 0) is 30.3 Å². The van der Waals surface area contributed by atoms with Crippen LogP contribution >= 0.6 is 12.0 Å². The summed E-state index contributed by atoms with van der Waals surface area (Å²) in [6, 6.07) is 13.8. The van der Waals surface area contributed by atoms with Gasteiger partial charge < -0.3 is 14.0 Å². The topological polar surface area (TPSA) is 55.8 Å². The molecule has 0 amide bonds. The molecule has 0 spiro atoms. The average molecular weight is 302 g/mol. The van der Waals surface area contributed by atoms with Crippen LogP contribution in [-0.4, -0.2) is 17.7 Å². The third-order valence-electron chi connectivity index (χ3n) is 2.49. The van der Waals surface area contributed by atoms with Gasteiger partial charge in [0.15, 0.2) is 0 Å². The molecule has 0 bridgehead atoms. The Hall–Kier alpha value is -2.24. The van der Waals surface area contributed by atoms with Gasteiger partial charge in [0.2, 0.25) is 0 Å². The zero-order valence-electron chi connectivity index (χ0n) is 11.2. The van der Waals surface area contributed by atoms with Gasteiger partial charge in [-0.15, -0.1) is 6.58 Å². The zero-order chi connectivity index (χ0) is 15.1. The summed E-state index contributed by atoms with van der Waals surface area (Å²) in [7, 11) is 0. The van der Waals surface area contributed by atoms with Crippen LogP contribution in [0.15, 0.2) is 66.1 Å². The molecule has 0 saturated carbocycles. The van der Waals surface area contributed by atoms with E-state index >= 15 is 0 Å². The second kappa shape index (κ2) is 7.52. The van der Waals surface area contributed by atoms with Crippen LogP contribution in [0.25, 0.3) is 0 Å². The maximum atomic E-state index is 11.1. The summed E-state index contributed by atoms with van der Waals surface area (Å²) in [5, 5.41) is 9.13. The Labute approximate surface area is 127 Å². The number of carboxylic acid groups (broad SMARTS) is 1. The SMILES string of the molecule is C=CCOSc1cccc(Oc2ccccc2C(=O)O)c1. The van der Waals surface area contributed by atoms with Crippen LogP contribution in [0, 0.1) is 0 Å². The van der Waals surface area contributed by atoms with Gasteiger partial charge in [0.1, 0.15) is 17.1 Å². The summed E-state index contributed by atoms with van der Waals surface area (Å²) in [6.07, 6.45) is 1.66. The van der Waals surface area contributed by atoms with E-state index in [9.17, 15) is 4.79 Å². The smallest absolute Gasteiger partial charge is 0.339 e. The number of rotatable bonds is 7. The molecule has 0 unspecified atom stereocenters. The molecular weight excluding hydrogens is 288 g/mol. The Morgan fingerprint density at radius 3 is 2.81 bits per heavy atom. The molecule has 0 aliphatic carbocycles. The van der Waals surface area contributed by atoms with Crippen molar-refractivity contribution in [2.75, 3.05) is 6.61 Å². The van der Waals surface area contributed by atoms with E-state index in [-0.39, 0.29) is 5.56 Å². The van der Waals surface area contributed by atoms with Crippen LogP contribution in [-0.2, 0) is 4.18 Å². The molecule has 0 aliphatic rings. The lowest BCUT2D eigenvalue weighted by Crippen LogP contribution is -1.99. The second-order valence-corrected chi connectivity index (χ2v) is 4.91. The first-order valence-electron chi connectivity index (χ1n) is 6.21. The Balaban J connectivity index is 2.14. The highest BCUT2D eigenvalue weighted by atomic mass is 32.2. The molecule has 0 aromatic heterocycles. The van der Waals surface area contributed by atoms with E-state index in [4.69, 9.17) is 14.0 Å². The van der Waals surface area contributed by atoms with E-state index in [1.54, 1.807) is 36.4 Å². The van der Waals surface area contributed by atoms with Crippen LogP contribution in [0.2, 0.25) is 0 Å². The number of para-hydroxylation sites is 1. The van der Waals surface area contributed by atoms with Crippen molar-refractivity contribution in [2.45, 2.75) is 4.90 Å². The first-order valence-corrected chi connectivity index (χ1v) is 6.95. The number of carbonyl (C=O) groups is 1.